The van der Waals surface area contributed by atoms with E-state index in [4.69, 9.17) is 26.2 Å². The molecule has 1 heterocycles. The van der Waals surface area contributed by atoms with Gasteiger partial charge >= 0.3 is 5.97 Å². The molecule has 0 saturated heterocycles. The fourth-order valence-electron chi connectivity index (χ4n) is 2.24. The van der Waals surface area contributed by atoms with Crippen LogP contribution in [0.2, 0.25) is 5.02 Å². The molecular formula is C14H17ClO4. The molecular weight excluding hydrogens is 268 g/mol. The van der Waals surface area contributed by atoms with Gasteiger partial charge in [-0.15, -0.1) is 0 Å². The van der Waals surface area contributed by atoms with Crippen molar-refractivity contribution in [1.29, 1.82) is 0 Å². The molecule has 1 N–H and O–H groups in total. The quantitative estimate of drug-likeness (QED) is 0.923. The topological polar surface area (TPSA) is 55.8 Å². The first-order valence-corrected chi connectivity index (χ1v) is 6.83. The molecule has 0 aliphatic carbocycles. The summed E-state index contributed by atoms with van der Waals surface area (Å²) in [5.74, 6) is 0.466. The van der Waals surface area contributed by atoms with E-state index in [2.05, 4.69) is 0 Å². The van der Waals surface area contributed by atoms with E-state index in [1.807, 2.05) is 6.92 Å². The van der Waals surface area contributed by atoms with Crippen LogP contribution >= 0.6 is 11.6 Å². The average molecular weight is 285 g/mol. The molecule has 0 aromatic heterocycles. The molecule has 1 aromatic rings. The Balaban J connectivity index is 2.41. The molecule has 0 bridgehead atoms. The highest BCUT2D eigenvalue weighted by Crippen LogP contribution is 2.42. The van der Waals surface area contributed by atoms with Gasteiger partial charge in [-0.05, 0) is 24.5 Å². The van der Waals surface area contributed by atoms with E-state index < -0.39 is 5.97 Å². The monoisotopic (exact) mass is 284 g/mol. The van der Waals surface area contributed by atoms with Crippen LogP contribution in [0, 0.1) is 0 Å². The summed E-state index contributed by atoms with van der Waals surface area (Å²) in [5, 5.41) is 9.30. The lowest BCUT2D eigenvalue weighted by atomic mass is 9.99. The Hall–Kier alpha value is -1.42. The molecule has 0 unspecified atom stereocenters. The highest BCUT2D eigenvalue weighted by molar-refractivity contribution is 6.32. The van der Waals surface area contributed by atoms with Gasteiger partial charge in [0.15, 0.2) is 11.5 Å². The number of fused-ring (bicyclic) bond motifs is 1. The van der Waals surface area contributed by atoms with Crippen molar-refractivity contribution in [3.8, 4) is 11.5 Å². The smallest absolute Gasteiger partial charge is 0.303 e. The normalized spacial score (nSPS) is 14.0. The molecule has 1 aliphatic rings. The minimum atomic E-state index is -0.815. The van der Waals surface area contributed by atoms with Gasteiger partial charge in [-0.3, -0.25) is 4.79 Å². The lowest BCUT2D eigenvalue weighted by Crippen LogP contribution is -2.04. The van der Waals surface area contributed by atoms with Crippen LogP contribution in [-0.4, -0.2) is 24.3 Å². The Labute approximate surface area is 117 Å². The van der Waals surface area contributed by atoms with Gasteiger partial charge in [0, 0.05) is 18.4 Å². The predicted molar refractivity (Wildman–Crippen MR) is 72.4 cm³/mol. The summed E-state index contributed by atoms with van der Waals surface area (Å²) < 4.78 is 11.4. The van der Waals surface area contributed by atoms with Gasteiger partial charge in [0.05, 0.1) is 18.2 Å². The van der Waals surface area contributed by atoms with Crippen LogP contribution < -0.4 is 9.47 Å². The molecule has 1 aliphatic heterocycles. The zero-order valence-electron chi connectivity index (χ0n) is 10.9. The van der Waals surface area contributed by atoms with Crippen LogP contribution in [0.25, 0.3) is 0 Å². The molecule has 0 fully saturated rings. The molecule has 19 heavy (non-hydrogen) atoms. The molecule has 0 saturated carbocycles. The minimum absolute atomic E-state index is 0.0863. The maximum absolute atomic E-state index is 10.7. The Bertz CT molecular complexity index is 485. The van der Waals surface area contributed by atoms with E-state index in [1.165, 1.54) is 0 Å². The van der Waals surface area contributed by atoms with E-state index in [1.54, 1.807) is 6.07 Å². The number of carboxylic acids is 1. The summed E-state index contributed by atoms with van der Waals surface area (Å²) in [4.78, 5) is 10.7. The minimum Gasteiger partial charge on any atom is -0.489 e. The fourth-order valence-corrected chi connectivity index (χ4v) is 2.52. The largest absolute Gasteiger partial charge is 0.489 e. The molecule has 4 nitrogen and oxygen atoms in total. The first-order chi connectivity index (χ1) is 9.13. The SMILES string of the molecule is CCc1c(CCC(=O)O)cc(Cl)c2c1OCCCO2. The standard InChI is InChI=1S/C14H17ClO4/c1-2-10-9(4-5-12(16)17)8-11(15)14-13(10)18-6-3-7-19-14/h8H,2-7H2,1H3,(H,16,17). The van der Waals surface area contributed by atoms with E-state index >= 15 is 0 Å². The zero-order chi connectivity index (χ0) is 13.8. The third-order valence-electron chi connectivity index (χ3n) is 3.13. The number of ether oxygens (including phenoxy) is 2. The lowest BCUT2D eigenvalue weighted by Gasteiger charge is -2.17. The molecule has 0 amide bonds. The van der Waals surface area contributed by atoms with E-state index in [0.29, 0.717) is 36.2 Å². The zero-order valence-corrected chi connectivity index (χ0v) is 11.6. The van der Waals surface area contributed by atoms with Crippen molar-refractivity contribution < 1.29 is 19.4 Å². The van der Waals surface area contributed by atoms with E-state index in [-0.39, 0.29) is 6.42 Å². The maximum Gasteiger partial charge on any atom is 0.303 e. The second-order valence-corrected chi connectivity index (χ2v) is 4.86. The van der Waals surface area contributed by atoms with Crippen molar-refractivity contribution in [2.24, 2.45) is 0 Å². The summed E-state index contributed by atoms with van der Waals surface area (Å²) in [6.45, 7) is 3.20. The van der Waals surface area contributed by atoms with Gasteiger partial charge in [-0.1, -0.05) is 18.5 Å². The Morgan fingerprint density at radius 2 is 2.05 bits per heavy atom. The number of carbonyl (C=O) groups is 1. The second kappa shape index (κ2) is 6.15. The van der Waals surface area contributed by atoms with Crippen molar-refractivity contribution in [1.82, 2.24) is 0 Å². The first kappa shape index (κ1) is 14.0. The fraction of sp³-hybridized carbons (Fsp3) is 0.500. The third-order valence-corrected chi connectivity index (χ3v) is 3.41. The highest BCUT2D eigenvalue weighted by atomic mass is 35.5. The molecule has 0 atom stereocenters. The van der Waals surface area contributed by atoms with Crippen molar-refractivity contribution in [2.45, 2.75) is 32.6 Å². The Morgan fingerprint density at radius 3 is 2.68 bits per heavy atom. The van der Waals surface area contributed by atoms with Crippen molar-refractivity contribution >= 4 is 17.6 Å². The molecule has 2 rings (SSSR count). The van der Waals surface area contributed by atoms with Crippen molar-refractivity contribution in [3.63, 3.8) is 0 Å². The number of hydrogen-bond acceptors (Lipinski definition) is 3. The first-order valence-electron chi connectivity index (χ1n) is 6.45. The molecule has 5 heteroatoms. The second-order valence-electron chi connectivity index (χ2n) is 4.45. The molecule has 0 radical (unpaired) electrons. The predicted octanol–water partition coefficient (Wildman–Crippen LogP) is 3.08. The van der Waals surface area contributed by atoms with Crippen LogP contribution in [0.3, 0.4) is 0 Å². The van der Waals surface area contributed by atoms with Crippen molar-refractivity contribution in [2.75, 3.05) is 13.2 Å². The van der Waals surface area contributed by atoms with Crippen molar-refractivity contribution in [3.05, 3.63) is 22.2 Å². The summed E-state index contributed by atoms with van der Waals surface area (Å²) in [5.41, 5.74) is 1.93. The van der Waals surface area contributed by atoms with Crippen LogP contribution in [0.15, 0.2) is 6.07 Å². The lowest BCUT2D eigenvalue weighted by molar-refractivity contribution is -0.136. The van der Waals surface area contributed by atoms with Crippen LogP contribution in [0.1, 0.15) is 30.9 Å². The average Bonchev–Trinajstić information content (AvgIpc) is 2.62. The van der Waals surface area contributed by atoms with Gasteiger partial charge < -0.3 is 14.6 Å². The number of carboxylic acid groups (broad SMARTS) is 1. The van der Waals surface area contributed by atoms with Crippen LogP contribution in [-0.2, 0) is 17.6 Å². The summed E-state index contributed by atoms with van der Waals surface area (Å²) in [7, 11) is 0. The molecule has 0 spiro atoms. The number of benzene rings is 1. The number of hydrogen-bond donors (Lipinski definition) is 1. The van der Waals surface area contributed by atoms with Gasteiger partial charge in [0.2, 0.25) is 0 Å². The number of aryl methyl sites for hydroxylation is 1. The van der Waals surface area contributed by atoms with Crippen LogP contribution in [0.5, 0.6) is 11.5 Å². The Kier molecular flexibility index (Phi) is 4.53. The van der Waals surface area contributed by atoms with Gasteiger partial charge in [-0.2, -0.15) is 0 Å². The summed E-state index contributed by atoms with van der Waals surface area (Å²) in [6, 6.07) is 1.80. The van der Waals surface area contributed by atoms with Gasteiger partial charge in [0.25, 0.3) is 0 Å². The number of aliphatic carboxylic acids is 1. The van der Waals surface area contributed by atoms with Crippen LogP contribution in [0.4, 0.5) is 0 Å². The van der Waals surface area contributed by atoms with E-state index in [9.17, 15) is 4.79 Å². The Morgan fingerprint density at radius 1 is 1.37 bits per heavy atom. The number of halogens is 1. The maximum atomic E-state index is 10.7. The summed E-state index contributed by atoms with van der Waals surface area (Å²) in [6.07, 6.45) is 2.12. The number of rotatable bonds is 4. The van der Waals surface area contributed by atoms with Gasteiger partial charge in [-0.25, -0.2) is 0 Å². The van der Waals surface area contributed by atoms with Gasteiger partial charge in [0.1, 0.15) is 0 Å². The molecule has 104 valence electrons. The molecule has 1 aromatic carbocycles. The highest BCUT2D eigenvalue weighted by Gasteiger charge is 2.21. The summed E-state index contributed by atoms with van der Waals surface area (Å²) >= 11 is 6.21. The van der Waals surface area contributed by atoms with E-state index in [0.717, 1.165) is 24.0 Å². The third kappa shape index (κ3) is 3.13.